The van der Waals surface area contributed by atoms with Crippen LogP contribution in [0, 0.1) is 10.8 Å². The van der Waals surface area contributed by atoms with Crippen molar-refractivity contribution in [2.75, 3.05) is 0 Å². The molecule has 1 atom stereocenters. The summed E-state index contributed by atoms with van der Waals surface area (Å²) in [6, 6.07) is 5.73. The molecule has 0 aromatic heterocycles. The molecule has 1 aromatic rings. The van der Waals surface area contributed by atoms with Crippen LogP contribution in [0.25, 0.3) is 0 Å². The second-order valence-corrected chi connectivity index (χ2v) is 6.86. The summed E-state index contributed by atoms with van der Waals surface area (Å²) < 4.78 is 10.6. The first kappa shape index (κ1) is 20.3. The number of ether oxygens (including phenoxy) is 2. The molecule has 0 aliphatic carbocycles. The molecular formula is C18H24N2O5. The molecule has 0 spiro atoms. The number of hydrogen-bond acceptors (Lipinski definition) is 6. The molecule has 136 valence electrons. The van der Waals surface area contributed by atoms with Gasteiger partial charge in [-0.3, -0.25) is 5.32 Å². The number of nitrogens with zero attached hydrogens (tertiary/aromatic N) is 1. The second kappa shape index (κ2) is 8.41. The number of hydrogen-bond donors (Lipinski definition) is 1. The van der Waals surface area contributed by atoms with Crippen LogP contribution >= 0.6 is 0 Å². The van der Waals surface area contributed by atoms with E-state index < -0.39 is 23.8 Å². The van der Waals surface area contributed by atoms with Crippen LogP contribution in [-0.4, -0.2) is 23.8 Å². The highest BCUT2D eigenvalue weighted by atomic mass is 16.6. The van der Waals surface area contributed by atoms with E-state index >= 15 is 0 Å². The monoisotopic (exact) mass is 348 g/mol. The molecule has 25 heavy (non-hydrogen) atoms. The first-order valence-corrected chi connectivity index (χ1v) is 7.86. The van der Waals surface area contributed by atoms with Crippen LogP contribution in [0.1, 0.15) is 45.0 Å². The first-order chi connectivity index (χ1) is 11.5. The van der Waals surface area contributed by atoms with Gasteiger partial charge in [-0.2, -0.15) is 0 Å². The maximum atomic E-state index is 12.3. The van der Waals surface area contributed by atoms with Crippen molar-refractivity contribution in [1.82, 2.24) is 5.32 Å². The summed E-state index contributed by atoms with van der Waals surface area (Å²) in [6.07, 6.45) is -1.40. The molecule has 0 saturated carbocycles. The van der Waals surface area contributed by atoms with Crippen molar-refractivity contribution in [1.29, 1.82) is 0 Å². The Bertz CT molecular complexity index is 644. The average molecular weight is 348 g/mol. The lowest BCUT2D eigenvalue weighted by Crippen LogP contribution is -2.38. The van der Waals surface area contributed by atoms with Gasteiger partial charge in [-0.25, -0.2) is 9.59 Å². The van der Waals surface area contributed by atoms with E-state index in [1.54, 1.807) is 20.8 Å². The van der Waals surface area contributed by atoms with Gasteiger partial charge in [0.25, 0.3) is 0 Å². The highest BCUT2D eigenvalue weighted by molar-refractivity contribution is 5.90. The van der Waals surface area contributed by atoms with E-state index in [2.05, 4.69) is 17.1 Å². The maximum absolute atomic E-state index is 12.3. The van der Waals surface area contributed by atoms with E-state index in [9.17, 15) is 14.5 Å². The zero-order valence-electron chi connectivity index (χ0n) is 15.2. The number of esters is 1. The topological polar surface area (TPSA) is 94.1 Å². The number of alkyl carbamates (subject to hydrolysis) is 1. The van der Waals surface area contributed by atoms with E-state index in [-0.39, 0.29) is 22.9 Å². The minimum atomic E-state index is -0.733. The molecular weight excluding hydrogens is 324 g/mol. The zero-order chi connectivity index (χ0) is 19.2. The van der Waals surface area contributed by atoms with Crippen LogP contribution in [0.2, 0.25) is 0 Å². The normalized spacial score (nSPS) is 12.2. The Balaban J connectivity index is 2.78. The Kier molecular flexibility index (Phi) is 6.85. The van der Waals surface area contributed by atoms with Crippen molar-refractivity contribution in [3.63, 3.8) is 0 Å². The smallest absolute Gasteiger partial charge is 0.411 e. The Morgan fingerprint density at radius 1 is 1.16 bits per heavy atom. The van der Waals surface area contributed by atoms with Crippen molar-refractivity contribution < 1.29 is 19.1 Å². The third-order valence-corrected chi connectivity index (χ3v) is 3.05. The molecule has 7 nitrogen and oxygen atoms in total. The third-order valence-electron chi connectivity index (χ3n) is 3.05. The van der Waals surface area contributed by atoms with Crippen molar-refractivity contribution in [2.45, 2.75) is 46.3 Å². The third kappa shape index (κ3) is 6.74. The largest absolute Gasteiger partial charge is 0.452 e. The van der Waals surface area contributed by atoms with E-state index in [1.807, 2.05) is 13.8 Å². The molecule has 0 radical (unpaired) electrons. The second-order valence-electron chi connectivity index (χ2n) is 6.86. The van der Waals surface area contributed by atoms with Crippen molar-refractivity contribution in [3.8, 4) is 0 Å². The van der Waals surface area contributed by atoms with Gasteiger partial charge in [-0.1, -0.05) is 20.4 Å². The number of nitroso groups, excluding NO2 is 1. The number of benzene rings is 1. The number of nitrogens with one attached hydrogen (secondary N) is 1. The highest BCUT2D eigenvalue weighted by Gasteiger charge is 2.25. The van der Waals surface area contributed by atoms with Crippen molar-refractivity contribution in [3.05, 3.63) is 47.0 Å². The molecule has 1 rings (SSSR count). The van der Waals surface area contributed by atoms with E-state index in [4.69, 9.17) is 9.47 Å². The summed E-state index contributed by atoms with van der Waals surface area (Å²) in [5.74, 6) is -0.717. The molecule has 0 heterocycles. The summed E-state index contributed by atoms with van der Waals surface area (Å²) >= 11 is 0. The Hall–Kier alpha value is -2.70. The van der Waals surface area contributed by atoms with Crippen LogP contribution in [0.3, 0.4) is 0 Å². The molecule has 1 unspecified atom stereocenters. The van der Waals surface area contributed by atoms with Crippen LogP contribution in [-0.2, 0) is 9.47 Å². The minimum Gasteiger partial charge on any atom is -0.452 e. The molecule has 1 aromatic carbocycles. The van der Waals surface area contributed by atoms with E-state index in [0.717, 1.165) is 0 Å². The van der Waals surface area contributed by atoms with Gasteiger partial charge in [0.05, 0.1) is 11.3 Å². The summed E-state index contributed by atoms with van der Waals surface area (Å²) in [4.78, 5) is 34.5. The predicted molar refractivity (Wildman–Crippen MR) is 94.4 cm³/mol. The van der Waals surface area contributed by atoms with Gasteiger partial charge < -0.3 is 9.47 Å². The lowest BCUT2D eigenvalue weighted by atomic mass is 10.0. The van der Waals surface area contributed by atoms with Crippen molar-refractivity contribution >= 4 is 17.7 Å². The lowest BCUT2D eigenvalue weighted by molar-refractivity contribution is 0.0238. The zero-order valence-corrected chi connectivity index (χ0v) is 15.2. The summed E-state index contributed by atoms with van der Waals surface area (Å²) in [5, 5.41) is 5.28. The Morgan fingerprint density at radius 3 is 2.16 bits per heavy atom. The summed E-state index contributed by atoms with van der Waals surface area (Å²) in [6.45, 7) is 12.7. The van der Waals surface area contributed by atoms with Crippen LogP contribution in [0.5, 0.6) is 0 Å². The molecule has 7 heteroatoms. The number of carbonyl (C=O) groups excluding carboxylic acids is 2. The summed E-state index contributed by atoms with van der Waals surface area (Å²) in [7, 11) is 0. The molecule has 0 aliphatic heterocycles. The molecule has 1 amide bonds. The van der Waals surface area contributed by atoms with E-state index in [1.165, 1.54) is 24.3 Å². The molecule has 0 aliphatic rings. The minimum absolute atomic E-state index is 0.123. The Labute approximate surface area is 147 Å². The fourth-order valence-electron chi connectivity index (χ4n) is 1.96. The fourth-order valence-corrected chi connectivity index (χ4v) is 1.96. The van der Waals surface area contributed by atoms with Crippen LogP contribution < -0.4 is 5.32 Å². The predicted octanol–water partition coefficient (Wildman–Crippen LogP) is 4.30. The van der Waals surface area contributed by atoms with Crippen LogP contribution in [0.4, 0.5) is 10.5 Å². The average Bonchev–Trinajstić information content (AvgIpc) is 2.49. The fraction of sp³-hybridized carbons (Fsp3) is 0.444. The Morgan fingerprint density at radius 2 is 1.72 bits per heavy atom. The van der Waals surface area contributed by atoms with Gasteiger partial charge in [0.1, 0.15) is 17.4 Å². The highest BCUT2D eigenvalue weighted by Crippen LogP contribution is 2.18. The summed E-state index contributed by atoms with van der Waals surface area (Å²) in [5.41, 5.74) is 0.0581. The van der Waals surface area contributed by atoms with Gasteiger partial charge in [0, 0.05) is 0 Å². The molecule has 0 bridgehead atoms. The van der Waals surface area contributed by atoms with Crippen LogP contribution in [0.15, 0.2) is 41.7 Å². The van der Waals surface area contributed by atoms with Gasteiger partial charge in [0.2, 0.25) is 0 Å². The van der Waals surface area contributed by atoms with E-state index in [0.29, 0.717) is 0 Å². The number of rotatable bonds is 6. The van der Waals surface area contributed by atoms with Gasteiger partial charge in [-0.05, 0) is 56.1 Å². The van der Waals surface area contributed by atoms with Gasteiger partial charge in [-0.15, -0.1) is 4.91 Å². The lowest BCUT2D eigenvalue weighted by Gasteiger charge is -2.25. The van der Waals surface area contributed by atoms with Gasteiger partial charge in [0.15, 0.2) is 0 Å². The van der Waals surface area contributed by atoms with Crippen molar-refractivity contribution in [2.24, 2.45) is 11.1 Å². The quantitative estimate of drug-likeness (QED) is 0.611. The molecule has 0 fully saturated rings. The maximum Gasteiger partial charge on any atom is 0.411 e. The SMILES string of the molecule is C=C(NC(=O)OC(C)(C)C)C(OC(=O)c1ccc(N=O)cc1)C(C)C. The molecule has 1 N–H and O–H groups in total. The number of amides is 1. The standard InChI is InChI=1S/C18H24N2O5/c1-11(2)15(12(3)19-17(22)25-18(4,5)6)24-16(21)13-7-9-14(20-23)10-8-13/h7-11,15H,3H2,1-2,4-6H3,(H,19,22). The molecule has 0 saturated heterocycles. The number of carbonyl (C=O) groups is 2. The van der Waals surface area contributed by atoms with Gasteiger partial charge >= 0.3 is 12.1 Å². The first-order valence-electron chi connectivity index (χ1n) is 7.86.